The second-order valence-electron chi connectivity index (χ2n) is 6.25. The molecule has 0 radical (unpaired) electrons. The summed E-state index contributed by atoms with van der Waals surface area (Å²) >= 11 is 6.07. The van der Waals surface area contributed by atoms with Crippen LogP contribution >= 0.6 is 11.6 Å². The van der Waals surface area contributed by atoms with Crippen LogP contribution in [0.15, 0.2) is 36.5 Å². The molecule has 1 fully saturated rings. The van der Waals surface area contributed by atoms with Crippen LogP contribution in [-0.4, -0.2) is 40.5 Å². The lowest BCUT2D eigenvalue weighted by atomic mass is 10.1. The Kier molecular flexibility index (Phi) is 5.13. The molecule has 0 bridgehead atoms. The summed E-state index contributed by atoms with van der Waals surface area (Å²) in [5, 5.41) is 7.12. The fourth-order valence-electron chi connectivity index (χ4n) is 2.97. The molecule has 0 spiro atoms. The number of rotatable bonds is 5. The first-order valence-corrected chi connectivity index (χ1v) is 8.97. The molecule has 6 nitrogen and oxygen atoms in total. The lowest BCUT2D eigenvalue weighted by molar-refractivity contribution is -0.131. The molecule has 3 heterocycles. The first-order valence-electron chi connectivity index (χ1n) is 8.59. The van der Waals surface area contributed by atoms with Gasteiger partial charge in [-0.2, -0.15) is 18.3 Å². The van der Waals surface area contributed by atoms with E-state index in [2.05, 4.69) is 15.4 Å². The number of hydrogen-bond donors (Lipinski definition) is 1. The maximum Gasteiger partial charge on any atom is 0.390 e. The van der Waals surface area contributed by atoms with Gasteiger partial charge in [0.15, 0.2) is 17.1 Å². The molecule has 10 heteroatoms. The van der Waals surface area contributed by atoms with Crippen molar-refractivity contribution in [1.29, 1.82) is 0 Å². The molecule has 0 saturated carbocycles. The summed E-state index contributed by atoms with van der Waals surface area (Å²) in [4.78, 5) is 4.30. The summed E-state index contributed by atoms with van der Waals surface area (Å²) in [5.41, 5.74) is 3.17. The summed E-state index contributed by atoms with van der Waals surface area (Å²) in [7, 11) is 0. The van der Waals surface area contributed by atoms with Crippen molar-refractivity contribution in [1.82, 2.24) is 14.6 Å². The molecule has 4 rings (SSSR count). The van der Waals surface area contributed by atoms with Crippen molar-refractivity contribution in [3.63, 3.8) is 0 Å². The van der Waals surface area contributed by atoms with Crippen molar-refractivity contribution in [3.05, 3.63) is 47.2 Å². The summed E-state index contributed by atoms with van der Waals surface area (Å²) in [6.07, 6.45) is -3.96. The smallest absolute Gasteiger partial charge is 0.382 e. The number of ether oxygens (including phenoxy) is 2. The maximum absolute atomic E-state index is 12.4. The van der Waals surface area contributed by atoms with Gasteiger partial charge >= 0.3 is 6.18 Å². The largest absolute Gasteiger partial charge is 0.390 e. The topological polar surface area (TPSA) is 60.7 Å². The van der Waals surface area contributed by atoms with Crippen molar-refractivity contribution >= 4 is 22.9 Å². The average Bonchev–Trinajstić information content (AvgIpc) is 3.30. The molecule has 1 saturated heterocycles. The Labute approximate surface area is 163 Å². The van der Waals surface area contributed by atoms with Crippen LogP contribution in [0.5, 0.6) is 0 Å². The molecule has 1 aliphatic rings. The summed E-state index contributed by atoms with van der Waals surface area (Å²) in [6.45, 7) is 0.843. The number of benzene rings is 1. The van der Waals surface area contributed by atoms with Gasteiger partial charge in [0.25, 0.3) is 0 Å². The van der Waals surface area contributed by atoms with Crippen molar-refractivity contribution in [2.45, 2.75) is 18.9 Å². The van der Waals surface area contributed by atoms with Gasteiger partial charge in [-0.25, -0.2) is 9.50 Å². The van der Waals surface area contributed by atoms with E-state index in [0.29, 0.717) is 30.2 Å². The molecule has 2 aromatic heterocycles. The average molecular weight is 413 g/mol. The molecule has 0 atom stereocenters. The molecule has 0 aliphatic carbocycles. The first-order chi connectivity index (χ1) is 13.4. The third kappa shape index (κ3) is 4.06. The minimum Gasteiger partial charge on any atom is -0.382 e. The fraction of sp³-hybridized carbons (Fsp3) is 0.333. The van der Waals surface area contributed by atoms with Crippen LogP contribution in [0.25, 0.3) is 16.9 Å². The van der Waals surface area contributed by atoms with Crippen LogP contribution in [0.4, 0.5) is 18.9 Å². The van der Waals surface area contributed by atoms with Crippen molar-refractivity contribution < 1.29 is 22.6 Å². The second-order valence-corrected chi connectivity index (χ2v) is 6.63. The molecular formula is C18H16ClF3N4O2. The predicted molar refractivity (Wildman–Crippen MR) is 97.2 cm³/mol. The SMILES string of the molecule is FC(F)(F)CCNc1cc(Cl)nn2c(-c3ccc(C4OCCO4)cc3)cnc12. The van der Waals surface area contributed by atoms with E-state index in [-0.39, 0.29) is 18.0 Å². The maximum atomic E-state index is 12.4. The Bertz CT molecular complexity index is 969. The van der Waals surface area contributed by atoms with E-state index >= 15 is 0 Å². The van der Waals surface area contributed by atoms with Crippen LogP contribution in [0.1, 0.15) is 18.3 Å². The molecule has 148 valence electrons. The van der Waals surface area contributed by atoms with Crippen LogP contribution < -0.4 is 5.32 Å². The molecular weight excluding hydrogens is 397 g/mol. The van der Waals surface area contributed by atoms with E-state index in [9.17, 15) is 13.2 Å². The number of anilines is 1. The Morgan fingerprint density at radius 3 is 2.57 bits per heavy atom. The molecule has 1 N–H and O–H groups in total. The van der Waals surface area contributed by atoms with Gasteiger partial charge < -0.3 is 14.8 Å². The third-order valence-electron chi connectivity index (χ3n) is 4.26. The van der Waals surface area contributed by atoms with E-state index in [1.807, 2.05) is 24.3 Å². The van der Waals surface area contributed by atoms with Crippen LogP contribution in [0, 0.1) is 0 Å². The van der Waals surface area contributed by atoms with Gasteiger partial charge in [-0.1, -0.05) is 35.9 Å². The number of halogens is 4. The number of alkyl halides is 3. The van der Waals surface area contributed by atoms with Gasteiger partial charge in [0.05, 0.1) is 37.2 Å². The summed E-state index contributed by atoms with van der Waals surface area (Å²) in [5.74, 6) is 0. The fourth-order valence-corrected chi connectivity index (χ4v) is 3.15. The lowest BCUT2D eigenvalue weighted by Gasteiger charge is -2.11. The number of nitrogens with one attached hydrogen (secondary N) is 1. The molecule has 0 amide bonds. The Hall–Kier alpha value is -2.36. The highest BCUT2D eigenvalue weighted by Crippen LogP contribution is 2.29. The van der Waals surface area contributed by atoms with Gasteiger partial charge in [-0.15, -0.1) is 0 Å². The normalized spacial score (nSPS) is 15.4. The van der Waals surface area contributed by atoms with Gasteiger partial charge in [-0.3, -0.25) is 0 Å². The summed E-state index contributed by atoms with van der Waals surface area (Å²) in [6, 6.07) is 8.99. The highest BCUT2D eigenvalue weighted by molar-refractivity contribution is 6.29. The molecule has 28 heavy (non-hydrogen) atoms. The minimum atomic E-state index is -4.24. The van der Waals surface area contributed by atoms with E-state index < -0.39 is 12.6 Å². The number of hydrogen-bond acceptors (Lipinski definition) is 5. The monoisotopic (exact) mass is 412 g/mol. The van der Waals surface area contributed by atoms with E-state index in [1.54, 1.807) is 6.20 Å². The Morgan fingerprint density at radius 1 is 1.18 bits per heavy atom. The minimum absolute atomic E-state index is 0.144. The number of nitrogens with zero attached hydrogens (tertiary/aromatic N) is 3. The zero-order valence-corrected chi connectivity index (χ0v) is 15.3. The quantitative estimate of drug-likeness (QED) is 0.670. The number of imidazole rings is 1. The summed E-state index contributed by atoms with van der Waals surface area (Å²) < 4.78 is 49.7. The predicted octanol–water partition coefficient (Wildman–Crippen LogP) is 4.46. The Balaban J connectivity index is 1.61. The van der Waals surface area contributed by atoms with Gasteiger partial charge in [0.2, 0.25) is 0 Å². The zero-order chi connectivity index (χ0) is 19.7. The first kappa shape index (κ1) is 19.0. The van der Waals surface area contributed by atoms with Gasteiger partial charge in [0.1, 0.15) is 0 Å². The number of fused-ring (bicyclic) bond motifs is 1. The van der Waals surface area contributed by atoms with Crippen molar-refractivity contribution in [3.8, 4) is 11.3 Å². The Morgan fingerprint density at radius 2 is 1.89 bits per heavy atom. The highest BCUT2D eigenvalue weighted by atomic mass is 35.5. The molecule has 3 aromatic rings. The molecule has 0 unspecified atom stereocenters. The lowest BCUT2D eigenvalue weighted by Crippen LogP contribution is -2.15. The van der Waals surface area contributed by atoms with Crippen molar-refractivity contribution in [2.24, 2.45) is 0 Å². The third-order valence-corrected chi connectivity index (χ3v) is 4.45. The highest BCUT2D eigenvalue weighted by Gasteiger charge is 2.26. The zero-order valence-electron chi connectivity index (χ0n) is 14.5. The van der Waals surface area contributed by atoms with Crippen LogP contribution in [0.3, 0.4) is 0 Å². The van der Waals surface area contributed by atoms with Gasteiger partial charge in [-0.05, 0) is 0 Å². The molecule has 1 aromatic carbocycles. The van der Waals surface area contributed by atoms with Crippen LogP contribution in [0.2, 0.25) is 5.15 Å². The standard InChI is InChI=1S/C18H16ClF3N4O2/c19-15-9-13(23-6-5-18(20,21)22)16-24-10-14(26(16)25-15)11-1-3-12(4-2-11)17-27-7-8-28-17/h1-4,9-10,17,23H,5-8H2. The van der Waals surface area contributed by atoms with E-state index in [4.69, 9.17) is 21.1 Å². The molecule has 1 aliphatic heterocycles. The van der Waals surface area contributed by atoms with E-state index in [1.165, 1.54) is 10.6 Å². The second kappa shape index (κ2) is 7.57. The van der Waals surface area contributed by atoms with Crippen LogP contribution in [-0.2, 0) is 9.47 Å². The van der Waals surface area contributed by atoms with E-state index in [0.717, 1.165) is 11.1 Å². The van der Waals surface area contributed by atoms with Crippen molar-refractivity contribution in [2.75, 3.05) is 25.1 Å². The van der Waals surface area contributed by atoms with Gasteiger partial charge in [0, 0.05) is 23.7 Å². The number of aromatic nitrogens is 3.